The van der Waals surface area contributed by atoms with Crippen molar-refractivity contribution in [2.75, 3.05) is 13.7 Å². The molecular formula is C13H19Cl2NO3. The number of piperidine rings is 1. The van der Waals surface area contributed by atoms with Crippen LogP contribution in [0.2, 0.25) is 0 Å². The zero-order chi connectivity index (χ0) is 14.3. The van der Waals surface area contributed by atoms with Crippen molar-refractivity contribution in [3.8, 4) is 0 Å². The molecule has 0 N–H and O–H groups in total. The Labute approximate surface area is 123 Å². The SMILES string of the molecule is COC(=O)C[C@@H]1CCCCN1C(=O)[C@]1(C)CC1(Cl)Cl. The summed E-state index contributed by atoms with van der Waals surface area (Å²) >= 11 is 12.1. The standard InChI is InChI=1S/C13H19Cl2NO3/c1-12(8-13(12,14)15)11(18)16-6-4-3-5-9(16)7-10(17)19-2/h9H,3-8H2,1-2H3/t9-,12-/m0/s1. The third-order valence-electron chi connectivity index (χ3n) is 4.25. The van der Waals surface area contributed by atoms with Crippen molar-refractivity contribution in [1.29, 1.82) is 0 Å². The topological polar surface area (TPSA) is 46.6 Å². The van der Waals surface area contributed by atoms with E-state index in [2.05, 4.69) is 0 Å². The lowest BCUT2D eigenvalue weighted by molar-refractivity contribution is -0.146. The highest BCUT2D eigenvalue weighted by Gasteiger charge is 2.69. The van der Waals surface area contributed by atoms with Crippen LogP contribution in [0.3, 0.4) is 0 Å². The number of hydrogen-bond donors (Lipinski definition) is 0. The highest BCUT2D eigenvalue weighted by molar-refractivity contribution is 6.53. The van der Waals surface area contributed by atoms with Gasteiger partial charge in [-0.25, -0.2) is 0 Å². The number of halogens is 2. The summed E-state index contributed by atoms with van der Waals surface area (Å²) in [5.41, 5.74) is -0.707. The second kappa shape index (κ2) is 5.13. The molecule has 1 aliphatic carbocycles. The molecule has 0 unspecified atom stereocenters. The molecule has 1 amide bonds. The Morgan fingerprint density at radius 2 is 2.00 bits per heavy atom. The van der Waals surface area contributed by atoms with E-state index in [0.717, 1.165) is 19.3 Å². The first-order valence-electron chi connectivity index (χ1n) is 6.57. The van der Waals surface area contributed by atoms with Gasteiger partial charge in [0.15, 0.2) is 0 Å². The first-order valence-corrected chi connectivity index (χ1v) is 7.33. The van der Waals surface area contributed by atoms with E-state index < -0.39 is 9.75 Å². The van der Waals surface area contributed by atoms with E-state index in [4.69, 9.17) is 27.9 Å². The molecule has 1 heterocycles. The van der Waals surface area contributed by atoms with Crippen LogP contribution in [0.5, 0.6) is 0 Å². The Balaban J connectivity index is 2.08. The molecule has 0 aromatic rings. The molecule has 2 rings (SSSR count). The Morgan fingerprint density at radius 1 is 1.37 bits per heavy atom. The predicted molar refractivity (Wildman–Crippen MR) is 73.1 cm³/mol. The summed E-state index contributed by atoms with van der Waals surface area (Å²) in [4.78, 5) is 25.8. The molecule has 1 aliphatic heterocycles. The van der Waals surface area contributed by atoms with E-state index in [-0.39, 0.29) is 24.3 Å². The van der Waals surface area contributed by atoms with Gasteiger partial charge in [-0.3, -0.25) is 9.59 Å². The van der Waals surface area contributed by atoms with Gasteiger partial charge in [-0.1, -0.05) is 0 Å². The quantitative estimate of drug-likeness (QED) is 0.594. The van der Waals surface area contributed by atoms with E-state index in [9.17, 15) is 9.59 Å². The predicted octanol–water partition coefficient (Wildman–Crippen LogP) is 2.51. The van der Waals surface area contributed by atoms with Gasteiger partial charge in [-0.15, -0.1) is 23.2 Å². The van der Waals surface area contributed by atoms with Gasteiger partial charge in [0.1, 0.15) is 4.33 Å². The molecule has 0 radical (unpaired) electrons. The molecule has 0 aromatic heterocycles. The van der Waals surface area contributed by atoms with Crippen molar-refractivity contribution >= 4 is 35.1 Å². The summed E-state index contributed by atoms with van der Waals surface area (Å²) < 4.78 is 3.73. The molecule has 6 heteroatoms. The van der Waals surface area contributed by atoms with Crippen molar-refractivity contribution in [2.45, 2.75) is 49.4 Å². The van der Waals surface area contributed by atoms with E-state index in [1.807, 2.05) is 0 Å². The molecule has 1 saturated heterocycles. The number of likely N-dealkylation sites (tertiary alicyclic amines) is 1. The zero-order valence-electron chi connectivity index (χ0n) is 11.2. The number of carbonyl (C=O) groups is 2. The average Bonchev–Trinajstić information content (AvgIpc) is 2.89. The molecule has 19 heavy (non-hydrogen) atoms. The largest absolute Gasteiger partial charge is 0.469 e. The lowest BCUT2D eigenvalue weighted by atomic mass is 9.96. The fourth-order valence-electron chi connectivity index (χ4n) is 2.70. The van der Waals surface area contributed by atoms with Gasteiger partial charge in [0.2, 0.25) is 5.91 Å². The minimum atomic E-state index is -0.961. The highest BCUT2D eigenvalue weighted by Crippen LogP contribution is 2.64. The van der Waals surface area contributed by atoms with Gasteiger partial charge in [0, 0.05) is 12.6 Å². The molecule has 2 atom stereocenters. The maximum Gasteiger partial charge on any atom is 0.307 e. The van der Waals surface area contributed by atoms with Crippen molar-refractivity contribution in [3.63, 3.8) is 0 Å². The second-order valence-corrected chi connectivity index (χ2v) is 7.13. The molecule has 2 aliphatic rings. The summed E-state index contributed by atoms with van der Waals surface area (Å²) in [7, 11) is 1.36. The minimum absolute atomic E-state index is 0.0360. The summed E-state index contributed by atoms with van der Waals surface area (Å²) in [5, 5.41) is 0. The molecular weight excluding hydrogens is 289 g/mol. The molecule has 2 fully saturated rings. The maximum atomic E-state index is 12.6. The summed E-state index contributed by atoms with van der Waals surface area (Å²) in [5.74, 6) is -0.320. The number of carbonyl (C=O) groups excluding carboxylic acids is 2. The first kappa shape index (κ1) is 14.9. The van der Waals surface area contributed by atoms with Crippen LogP contribution in [-0.2, 0) is 14.3 Å². The van der Waals surface area contributed by atoms with Crippen LogP contribution in [-0.4, -0.2) is 40.8 Å². The summed E-state index contributed by atoms with van der Waals surface area (Å²) in [6, 6.07) is -0.0877. The van der Waals surface area contributed by atoms with Crippen LogP contribution in [0.15, 0.2) is 0 Å². The van der Waals surface area contributed by atoms with E-state index in [1.54, 1.807) is 11.8 Å². The molecule has 4 nitrogen and oxygen atoms in total. The number of nitrogens with zero attached hydrogens (tertiary/aromatic N) is 1. The van der Waals surface area contributed by atoms with Crippen molar-refractivity contribution < 1.29 is 14.3 Å². The van der Waals surface area contributed by atoms with Gasteiger partial charge < -0.3 is 9.64 Å². The van der Waals surface area contributed by atoms with Crippen LogP contribution in [0.4, 0.5) is 0 Å². The van der Waals surface area contributed by atoms with Gasteiger partial charge in [-0.05, 0) is 32.6 Å². The highest BCUT2D eigenvalue weighted by atomic mass is 35.5. The number of rotatable bonds is 3. The van der Waals surface area contributed by atoms with E-state index in [0.29, 0.717) is 13.0 Å². The third-order valence-corrected chi connectivity index (χ3v) is 5.35. The number of alkyl halides is 2. The maximum absolute atomic E-state index is 12.6. The van der Waals surface area contributed by atoms with Gasteiger partial charge in [0.05, 0.1) is 18.9 Å². The fourth-order valence-corrected chi connectivity index (χ4v) is 3.40. The van der Waals surface area contributed by atoms with Crippen molar-refractivity contribution in [1.82, 2.24) is 4.90 Å². The first-order chi connectivity index (χ1) is 8.82. The number of methoxy groups -OCH3 is 1. The molecule has 0 aromatic carbocycles. The van der Waals surface area contributed by atoms with E-state index >= 15 is 0 Å². The average molecular weight is 308 g/mol. The van der Waals surface area contributed by atoms with E-state index in [1.165, 1.54) is 7.11 Å². The number of hydrogen-bond acceptors (Lipinski definition) is 3. The summed E-state index contributed by atoms with van der Waals surface area (Å²) in [6.45, 7) is 2.46. The molecule has 0 spiro atoms. The van der Waals surface area contributed by atoms with Crippen LogP contribution >= 0.6 is 23.2 Å². The molecule has 1 saturated carbocycles. The van der Waals surface area contributed by atoms with Crippen molar-refractivity contribution in [3.05, 3.63) is 0 Å². The monoisotopic (exact) mass is 307 g/mol. The molecule has 108 valence electrons. The van der Waals surface area contributed by atoms with Gasteiger partial charge in [-0.2, -0.15) is 0 Å². The Hall–Kier alpha value is -0.480. The van der Waals surface area contributed by atoms with Crippen LogP contribution in [0.1, 0.15) is 39.0 Å². The summed E-state index contributed by atoms with van der Waals surface area (Å²) in [6.07, 6.45) is 3.53. The Kier molecular flexibility index (Phi) is 4.03. The smallest absolute Gasteiger partial charge is 0.307 e. The van der Waals surface area contributed by atoms with Crippen LogP contribution in [0.25, 0.3) is 0 Å². The third kappa shape index (κ3) is 2.70. The van der Waals surface area contributed by atoms with Gasteiger partial charge >= 0.3 is 5.97 Å². The Morgan fingerprint density at radius 3 is 2.53 bits per heavy atom. The second-order valence-electron chi connectivity index (χ2n) is 5.64. The zero-order valence-corrected chi connectivity index (χ0v) is 12.8. The van der Waals surface area contributed by atoms with Gasteiger partial charge in [0.25, 0.3) is 0 Å². The normalized spacial score (nSPS) is 32.8. The minimum Gasteiger partial charge on any atom is -0.469 e. The number of amides is 1. The van der Waals surface area contributed by atoms with Crippen molar-refractivity contribution in [2.24, 2.45) is 5.41 Å². The lowest BCUT2D eigenvalue weighted by Gasteiger charge is -2.37. The fraction of sp³-hybridized carbons (Fsp3) is 0.846. The van der Waals surface area contributed by atoms with Crippen LogP contribution < -0.4 is 0 Å². The number of esters is 1. The Bertz CT molecular complexity index is 399. The van der Waals surface area contributed by atoms with Crippen LogP contribution in [0, 0.1) is 5.41 Å². The molecule has 0 bridgehead atoms. The lowest BCUT2D eigenvalue weighted by Crippen LogP contribution is -2.48. The number of ether oxygens (including phenoxy) is 1.